The van der Waals surface area contributed by atoms with Gasteiger partial charge in [0.1, 0.15) is 11.1 Å². The van der Waals surface area contributed by atoms with E-state index in [4.69, 9.17) is 9.47 Å². The number of nitrogens with zero attached hydrogens (tertiary/aromatic N) is 3. The van der Waals surface area contributed by atoms with Gasteiger partial charge in [0.15, 0.2) is 11.5 Å². The Labute approximate surface area is 204 Å². The number of para-hydroxylation sites is 2. The number of nitriles is 1. The first-order valence-electron chi connectivity index (χ1n) is 10.7. The predicted molar refractivity (Wildman–Crippen MR) is 130 cm³/mol. The zero-order chi connectivity index (χ0) is 24.9. The Morgan fingerprint density at radius 2 is 1.91 bits per heavy atom. The SMILES string of the molecule is COc1ccc(-c2cc(C(F)F)c(C#N)c(SCCCn3c(=O)[nH]c4ccccc43)n2)cc1OC. The molecule has 10 heteroatoms. The van der Waals surface area contributed by atoms with E-state index in [9.17, 15) is 18.8 Å². The van der Waals surface area contributed by atoms with Crippen molar-refractivity contribution < 1.29 is 18.3 Å². The molecule has 180 valence electrons. The summed E-state index contributed by atoms with van der Waals surface area (Å²) < 4.78 is 39.9. The van der Waals surface area contributed by atoms with Gasteiger partial charge in [0.25, 0.3) is 6.43 Å². The standard InChI is InChI=1S/C25H22F2N4O3S/c1-33-21-9-8-15(12-22(21)34-2)19-13-16(23(26)27)17(14-28)24(29-19)35-11-5-10-31-20-7-4-3-6-18(20)30-25(31)32/h3-4,6-9,12-13,23H,5,10-11H2,1-2H3,(H,30,32). The quantitative estimate of drug-likeness (QED) is 0.246. The van der Waals surface area contributed by atoms with E-state index in [1.54, 1.807) is 22.8 Å². The molecule has 0 aliphatic carbocycles. The molecule has 2 aromatic carbocycles. The average Bonchev–Trinajstić information content (AvgIpc) is 3.20. The van der Waals surface area contributed by atoms with Gasteiger partial charge in [-0.3, -0.25) is 4.57 Å². The third kappa shape index (κ3) is 5.00. The number of hydrogen-bond donors (Lipinski definition) is 1. The lowest BCUT2D eigenvalue weighted by atomic mass is 10.1. The van der Waals surface area contributed by atoms with Gasteiger partial charge in [-0.1, -0.05) is 12.1 Å². The Bertz CT molecular complexity index is 1460. The third-order valence-corrected chi connectivity index (χ3v) is 6.55. The van der Waals surface area contributed by atoms with Crippen molar-refractivity contribution in [3.63, 3.8) is 0 Å². The van der Waals surface area contributed by atoms with Gasteiger partial charge in [0, 0.05) is 23.4 Å². The lowest BCUT2D eigenvalue weighted by molar-refractivity contribution is 0.150. The smallest absolute Gasteiger partial charge is 0.326 e. The van der Waals surface area contributed by atoms with Crippen LogP contribution in [0.1, 0.15) is 24.0 Å². The number of rotatable bonds is 9. The number of aromatic amines is 1. The summed E-state index contributed by atoms with van der Waals surface area (Å²) in [5.74, 6) is 1.42. The highest BCUT2D eigenvalue weighted by molar-refractivity contribution is 7.99. The van der Waals surface area contributed by atoms with E-state index in [1.807, 2.05) is 30.3 Å². The second-order valence-electron chi connectivity index (χ2n) is 7.56. The lowest BCUT2D eigenvalue weighted by Crippen LogP contribution is -2.17. The number of halogens is 2. The fourth-order valence-electron chi connectivity index (χ4n) is 3.79. The fourth-order valence-corrected chi connectivity index (χ4v) is 4.73. The number of nitrogens with one attached hydrogen (secondary N) is 1. The monoisotopic (exact) mass is 496 g/mol. The minimum atomic E-state index is -2.84. The molecule has 7 nitrogen and oxygen atoms in total. The van der Waals surface area contributed by atoms with Crippen LogP contribution in [0, 0.1) is 11.3 Å². The number of aryl methyl sites for hydroxylation is 1. The average molecular weight is 497 g/mol. The first-order valence-corrected chi connectivity index (χ1v) is 11.7. The molecule has 4 aromatic rings. The molecule has 0 bridgehead atoms. The van der Waals surface area contributed by atoms with Crippen molar-refractivity contribution in [3.05, 3.63) is 70.1 Å². The summed E-state index contributed by atoms with van der Waals surface area (Å²) in [4.78, 5) is 19.6. The molecule has 0 saturated carbocycles. The van der Waals surface area contributed by atoms with Crippen molar-refractivity contribution >= 4 is 22.8 Å². The summed E-state index contributed by atoms with van der Waals surface area (Å²) in [6.45, 7) is 0.439. The highest BCUT2D eigenvalue weighted by Gasteiger charge is 2.21. The van der Waals surface area contributed by atoms with Crippen LogP contribution >= 0.6 is 11.8 Å². The molecule has 0 saturated heterocycles. The zero-order valence-electron chi connectivity index (χ0n) is 19.0. The van der Waals surface area contributed by atoms with E-state index in [1.165, 1.54) is 32.0 Å². The highest BCUT2D eigenvalue weighted by atomic mass is 32.2. The molecule has 1 N–H and O–H groups in total. The molecule has 0 aliphatic heterocycles. The maximum atomic E-state index is 13.8. The summed E-state index contributed by atoms with van der Waals surface area (Å²) in [7, 11) is 2.99. The third-order valence-electron chi connectivity index (χ3n) is 5.49. The number of aromatic nitrogens is 3. The molecular weight excluding hydrogens is 474 g/mol. The maximum Gasteiger partial charge on any atom is 0.326 e. The molecule has 0 amide bonds. The van der Waals surface area contributed by atoms with Crippen LogP contribution in [0.4, 0.5) is 8.78 Å². The summed E-state index contributed by atoms with van der Waals surface area (Å²) >= 11 is 1.21. The van der Waals surface area contributed by atoms with Gasteiger partial charge in [-0.25, -0.2) is 18.6 Å². The van der Waals surface area contributed by atoms with Gasteiger partial charge in [-0.2, -0.15) is 5.26 Å². The molecule has 0 radical (unpaired) electrons. The van der Waals surface area contributed by atoms with Crippen LogP contribution in [0.25, 0.3) is 22.3 Å². The lowest BCUT2D eigenvalue weighted by Gasteiger charge is -2.13. The van der Waals surface area contributed by atoms with Crippen LogP contribution in [0.5, 0.6) is 11.5 Å². The predicted octanol–water partition coefficient (Wildman–Crippen LogP) is 5.40. The van der Waals surface area contributed by atoms with Gasteiger partial charge >= 0.3 is 5.69 Å². The van der Waals surface area contributed by atoms with Crippen molar-refractivity contribution in [1.29, 1.82) is 5.26 Å². The molecule has 0 atom stereocenters. The summed E-state index contributed by atoms with van der Waals surface area (Å²) in [5, 5.41) is 9.82. The molecule has 0 fully saturated rings. The van der Waals surface area contributed by atoms with Gasteiger partial charge in [-0.15, -0.1) is 11.8 Å². The van der Waals surface area contributed by atoms with Crippen LogP contribution < -0.4 is 15.2 Å². The fraction of sp³-hybridized carbons (Fsp3) is 0.240. The second kappa shape index (κ2) is 10.6. The van der Waals surface area contributed by atoms with Crippen LogP contribution in [0.2, 0.25) is 0 Å². The van der Waals surface area contributed by atoms with Crippen LogP contribution in [-0.4, -0.2) is 34.5 Å². The molecule has 4 rings (SSSR count). The number of pyridine rings is 1. The Balaban J connectivity index is 1.60. The Morgan fingerprint density at radius 3 is 2.63 bits per heavy atom. The maximum absolute atomic E-state index is 13.8. The van der Waals surface area contributed by atoms with Gasteiger partial charge < -0.3 is 14.5 Å². The number of methoxy groups -OCH3 is 2. The van der Waals surface area contributed by atoms with E-state index >= 15 is 0 Å². The number of alkyl halides is 2. The number of hydrogen-bond acceptors (Lipinski definition) is 6. The van der Waals surface area contributed by atoms with Crippen molar-refractivity contribution in [3.8, 4) is 28.8 Å². The minimum Gasteiger partial charge on any atom is -0.493 e. The first-order chi connectivity index (χ1) is 17.0. The number of ether oxygens (including phenoxy) is 2. The molecule has 0 unspecified atom stereocenters. The summed E-state index contributed by atoms with van der Waals surface area (Å²) in [5.41, 5.74) is 1.69. The van der Waals surface area contributed by atoms with Crippen LogP contribution in [0.3, 0.4) is 0 Å². The van der Waals surface area contributed by atoms with Gasteiger partial charge in [-0.05, 0) is 42.8 Å². The first kappa shape index (κ1) is 24.3. The Kier molecular flexibility index (Phi) is 7.36. The van der Waals surface area contributed by atoms with Crippen LogP contribution in [0.15, 0.2) is 58.4 Å². The number of thioether (sulfide) groups is 1. The highest BCUT2D eigenvalue weighted by Crippen LogP contribution is 2.36. The molecule has 2 aromatic heterocycles. The van der Waals surface area contributed by atoms with Crippen molar-refractivity contribution in [1.82, 2.24) is 14.5 Å². The molecule has 0 spiro atoms. The summed E-state index contributed by atoms with van der Waals surface area (Å²) in [6.07, 6.45) is -2.26. The molecule has 35 heavy (non-hydrogen) atoms. The van der Waals surface area contributed by atoms with Gasteiger partial charge in [0.05, 0.1) is 36.5 Å². The second-order valence-corrected chi connectivity index (χ2v) is 8.64. The Morgan fingerprint density at radius 1 is 1.14 bits per heavy atom. The summed E-state index contributed by atoms with van der Waals surface area (Å²) in [6, 6.07) is 15.5. The minimum absolute atomic E-state index is 0.140. The topological polar surface area (TPSA) is 92.9 Å². The number of fused-ring (bicyclic) bond motifs is 1. The van der Waals surface area contributed by atoms with E-state index in [2.05, 4.69) is 9.97 Å². The zero-order valence-corrected chi connectivity index (χ0v) is 19.9. The normalized spacial score (nSPS) is 11.1. The van der Waals surface area contributed by atoms with E-state index in [0.717, 1.165) is 11.0 Å². The largest absolute Gasteiger partial charge is 0.493 e. The van der Waals surface area contributed by atoms with E-state index < -0.39 is 6.43 Å². The molecule has 2 heterocycles. The molecular formula is C25H22F2N4O3S. The number of imidazole rings is 1. The van der Waals surface area contributed by atoms with Gasteiger partial charge in [0.2, 0.25) is 0 Å². The van der Waals surface area contributed by atoms with E-state index in [0.29, 0.717) is 41.5 Å². The van der Waals surface area contributed by atoms with E-state index in [-0.39, 0.29) is 21.8 Å². The number of H-pyrrole nitrogens is 1. The van der Waals surface area contributed by atoms with Crippen molar-refractivity contribution in [2.75, 3.05) is 20.0 Å². The van der Waals surface area contributed by atoms with Crippen molar-refractivity contribution in [2.45, 2.75) is 24.4 Å². The molecule has 0 aliphatic rings. The number of benzene rings is 2. The van der Waals surface area contributed by atoms with Crippen molar-refractivity contribution in [2.24, 2.45) is 0 Å². The Hall–Kier alpha value is -3.84. The van der Waals surface area contributed by atoms with Crippen LogP contribution in [-0.2, 0) is 6.54 Å².